The van der Waals surface area contributed by atoms with Gasteiger partial charge in [0.25, 0.3) is 10.1 Å². The molecule has 1 N–H and O–H groups in total. The van der Waals surface area contributed by atoms with Crippen LogP contribution >= 0.6 is 0 Å². The minimum Gasteiger partial charge on any atom is -0.299 e. The summed E-state index contributed by atoms with van der Waals surface area (Å²) in [6.45, 7) is 3.67. The van der Waals surface area contributed by atoms with Crippen LogP contribution < -0.4 is 0 Å². The maximum atomic E-state index is 12.0. The normalized spacial score (nSPS) is 44.5. The Morgan fingerprint density at radius 3 is 2.60 bits per heavy atom. The molecule has 0 aromatic heterocycles. The van der Waals surface area contributed by atoms with E-state index in [9.17, 15) is 13.2 Å². The third-order valence-corrected chi connectivity index (χ3v) is 5.15. The van der Waals surface area contributed by atoms with Gasteiger partial charge in [0.1, 0.15) is 5.78 Å². The van der Waals surface area contributed by atoms with E-state index >= 15 is 0 Å². The van der Waals surface area contributed by atoms with Gasteiger partial charge in [0.2, 0.25) is 0 Å². The van der Waals surface area contributed by atoms with Crippen molar-refractivity contribution in [2.75, 3.05) is 5.75 Å². The summed E-state index contributed by atoms with van der Waals surface area (Å²) in [4.78, 5) is 12.0. The van der Waals surface area contributed by atoms with Gasteiger partial charge >= 0.3 is 0 Å². The summed E-state index contributed by atoms with van der Waals surface area (Å²) in [5.74, 6) is -0.925. The van der Waals surface area contributed by atoms with Crippen molar-refractivity contribution in [3.05, 3.63) is 0 Å². The van der Waals surface area contributed by atoms with Crippen molar-refractivity contribution in [2.24, 2.45) is 16.7 Å². The van der Waals surface area contributed by atoms with Crippen molar-refractivity contribution >= 4 is 15.9 Å². The van der Waals surface area contributed by atoms with Crippen LogP contribution in [0.2, 0.25) is 0 Å². The molecule has 5 heteroatoms. The predicted octanol–water partition coefficient (Wildman–Crippen LogP) is 1.27. The molecule has 2 saturated carbocycles. The number of rotatable bonds is 2. The van der Waals surface area contributed by atoms with Gasteiger partial charge in [-0.2, -0.15) is 8.42 Å². The van der Waals surface area contributed by atoms with Gasteiger partial charge in [-0.05, 0) is 24.2 Å². The number of hydrogen-bond donors (Lipinski definition) is 1. The molecule has 4 nitrogen and oxygen atoms in total. The summed E-state index contributed by atoms with van der Waals surface area (Å²) in [6.07, 6.45) is 0.340. The fourth-order valence-corrected chi connectivity index (χ4v) is 4.44. The SMILES string of the molecule is [2H]C1C(=O)C2(CS(=O)(=O)O)CCC1C2(C)C. The molecule has 3 atom stereocenters. The highest BCUT2D eigenvalue weighted by Gasteiger charge is 2.65. The van der Waals surface area contributed by atoms with Gasteiger partial charge < -0.3 is 0 Å². The lowest BCUT2D eigenvalue weighted by Crippen LogP contribution is -2.42. The quantitative estimate of drug-likeness (QED) is 0.729. The zero-order chi connectivity index (χ0) is 12.4. The van der Waals surface area contributed by atoms with Crippen molar-refractivity contribution in [2.45, 2.75) is 33.1 Å². The van der Waals surface area contributed by atoms with E-state index in [4.69, 9.17) is 5.92 Å². The summed E-state index contributed by atoms with van der Waals surface area (Å²) >= 11 is 0. The van der Waals surface area contributed by atoms with Gasteiger partial charge in [-0.25, -0.2) is 0 Å². The third-order valence-electron chi connectivity index (χ3n) is 4.30. The maximum absolute atomic E-state index is 12.0. The van der Waals surface area contributed by atoms with E-state index < -0.39 is 33.1 Å². The summed E-state index contributed by atoms with van der Waals surface area (Å²) in [5.41, 5.74) is -1.55. The lowest BCUT2D eigenvalue weighted by Gasteiger charge is -2.35. The zero-order valence-electron chi connectivity index (χ0n) is 9.86. The Kier molecular flexibility index (Phi) is 1.84. The Morgan fingerprint density at radius 1 is 1.60 bits per heavy atom. The number of ketones is 1. The van der Waals surface area contributed by atoms with Crippen molar-refractivity contribution in [3.8, 4) is 0 Å². The molecule has 0 aliphatic heterocycles. The second kappa shape index (κ2) is 2.83. The Labute approximate surface area is 91.2 Å². The van der Waals surface area contributed by atoms with Gasteiger partial charge in [0.15, 0.2) is 0 Å². The van der Waals surface area contributed by atoms with Crippen LogP contribution in [0, 0.1) is 16.7 Å². The lowest BCUT2D eigenvalue weighted by molar-refractivity contribution is -0.128. The Morgan fingerprint density at radius 2 is 2.20 bits per heavy atom. The Hall–Kier alpha value is -0.420. The molecule has 2 rings (SSSR count). The molecule has 0 heterocycles. The fourth-order valence-electron chi connectivity index (χ4n) is 3.16. The molecule has 2 aliphatic carbocycles. The average molecular weight is 233 g/mol. The van der Waals surface area contributed by atoms with Crippen molar-refractivity contribution in [1.82, 2.24) is 0 Å². The molecule has 0 radical (unpaired) electrons. The average Bonchev–Trinajstić information content (AvgIpc) is 2.39. The molecular weight excluding hydrogens is 216 g/mol. The van der Waals surface area contributed by atoms with Crippen LogP contribution in [0.25, 0.3) is 0 Å². The second-order valence-corrected chi connectivity index (χ2v) is 6.66. The topological polar surface area (TPSA) is 71.4 Å². The van der Waals surface area contributed by atoms with Crippen LogP contribution in [0.3, 0.4) is 0 Å². The molecule has 2 fully saturated rings. The van der Waals surface area contributed by atoms with E-state index in [2.05, 4.69) is 0 Å². The highest BCUT2D eigenvalue weighted by molar-refractivity contribution is 7.85. The maximum Gasteiger partial charge on any atom is 0.265 e. The Balaban J connectivity index is 2.50. The van der Waals surface area contributed by atoms with Crippen molar-refractivity contribution in [3.63, 3.8) is 0 Å². The highest BCUT2D eigenvalue weighted by atomic mass is 32.2. The monoisotopic (exact) mass is 233 g/mol. The smallest absolute Gasteiger partial charge is 0.265 e. The molecule has 2 aliphatic rings. The number of Topliss-reactive ketones (excluding diaryl/α,β-unsaturated/α-hetero) is 1. The number of carbonyl (C=O) groups excluding carboxylic acids is 1. The van der Waals surface area contributed by atoms with Gasteiger partial charge in [-0.15, -0.1) is 0 Å². The largest absolute Gasteiger partial charge is 0.299 e. The molecule has 0 aromatic carbocycles. The molecule has 2 bridgehead atoms. The van der Waals surface area contributed by atoms with Crippen LogP contribution in [0.1, 0.15) is 34.5 Å². The van der Waals surface area contributed by atoms with Crippen molar-refractivity contribution < 1.29 is 19.1 Å². The minimum atomic E-state index is -4.18. The van der Waals surface area contributed by atoms with E-state index in [1.807, 2.05) is 13.8 Å². The van der Waals surface area contributed by atoms with Gasteiger partial charge in [0, 0.05) is 7.77 Å². The van der Waals surface area contributed by atoms with E-state index in [0.29, 0.717) is 12.8 Å². The van der Waals surface area contributed by atoms with Gasteiger partial charge in [0.05, 0.1) is 11.2 Å². The first kappa shape index (κ1) is 9.78. The fraction of sp³-hybridized carbons (Fsp3) is 0.900. The van der Waals surface area contributed by atoms with Crippen LogP contribution in [-0.2, 0) is 14.9 Å². The molecule has 86 valence electrons. The first-order valence-electron chi connectivity index (χ1n) is 5.61. The Bertz CT molecular complexity index is 442. The second-order valence-electron chi connectivity index (χ2n) is 5.21. The highest BCUT2D eigenvalue weighted by Crippen LogP contribution is 2.64. The van der Waals surface area contributed by atoms with Crippen LogP contribution in [0.4, 0.5) is 0 Å². The number of carbonyl (C=O) groups is 1. The summed E-state index contributed by atoms with van der Waals surface area (Å²) < 4.78 is 38.9. The van der Waals surface area contributed by atoms with Gasteiger partial charge in [-0.1, -0.05) is 13.8 Å². The molecule has 0 aromatic rings. The molecule has 0 spiro atoms. The molecule has 0 amide bonds. The zero-order valence-corrected chi connectivity index (χ0v) is 9.67. The molecule has 0 saturated heterocycles. The van der Waals surface area contributed by atoms with E-state index in [1.54, 1.807) is 0 Å². The number of fused-ring (bicyclic) bond motifs is 2. The third kappa shape index (κ3) is 1.36. The van der Waals surface area contributed by atoms with Crippen LogP contribution in [0.15, 0.2) is 0 Å². The molecule has 15 heavy (non-hydrogen) atoms. The first-order valence-corrected chi connectivity index (χ1v) is 6.64. The summed E-state index contributed by atoms with van der Waals surface area (Å²) in [6, 6.07) is 0. The summed E-state index contributed by atoms with van der Waals surface area (Å²) in [5, 5.41) is 0. The standard InChI is InChI=1S/C10H16O4S/c1-9(2)7-3-4-10(9,8(11)5-7)6-15(12,13)14/h7H,3-6H2,1-2H3,(H,12,13,14)/i5D. The summed E-state index contributed by atoms with van der Waals surface area (Å²) in [7, 11) is -4.18. The first-order chi connectivity index (χ1) is 7.12. The van der Waals surface area contributed by atoms with E-state index in [1.165, 1.54) is 0 Å². The van der Waals surface area contributed by atoms with E-state index in [0.717, 1.165) is 0 Å². The van der Waals surface area contributed by atoms with E-state index in [-0.39, 0.29) is 11.7 Å². The van der Waals surface area contributed by atoms with Gasteiger partial charge in [-0.3, -0.25) is 9.35 Å². The molecule has 3 unspecified atom stereocenters. The minimum absolute atomic E-state index is 0.0817. The number of hydrogen-bond acceptors (Lipinski definition) is 3. The van der Waals surface area contributed by atoms with Crippen LogP contribution in [-0.4, -0.2) is 24.5 Å². The van der Waals surface area contributed by atoms with Crippen molar-refractivity contribution in [1.29, 1.82) is 0 Å². The lowest BCUT2D eigenvalue weighted by atomic mass is 9.70. The van der Waals surface area contributed by atoms with Crippen LogP contribution in [0.5, 0.6) is 0 Å². The molecular formula is C10H16O4S. The predicted molar refractivity (Wildman–Crippen MR) is 55.0 cm³/mol.